The minimum Gasteiger partial charge on any atom is -0.459 e. The van der Waals surface area contributed by atoms with Crippen molar-refractivity contribution >= 4 is 29.4 Å². The molecular formula is C19H20N2O4S. The van der Waals surface area contributed by atoms with Crippen molar-refractivity contribution in [2.45, 2.75) is 24.7 Å². The first-order valence-corrected chi connectivity index (χ1v) is 9.09. The van der Waals surface area contributed by atoms with E-state index in [1.54, 1.807) is 0 Å². The average Bonchev–Trinajstić information content (AvgIpc) is 3.02. The molecule has 0 fully saturated rings. The van der Waals surface area contributed by atoms with Gasteiger partial charge in [-0.05, 0) is 18.6 Å². The van der Waals surface area contributed by atoms with Gasteiger partial charge in [-0.3, -0.25) is 0 Å². The van der Waals surface area contributed by atoms with Gasteiger partial charge in [0.15, 0.2) is 5.57 Å². The molecular weight excluding hydrogens is 352 g/mol. The summed E-state index contributed by atoms with van der Waals surface area (Å²) in [6.07, 6.45) is 2.96. The van der Waals surface area contributed by atoms with Crippen molar-refractivity contribution in [3.63, 3.8) is 0 Å². The molecule has 0 saturated heterocycles. The zero-order valence-electron chi connectivity index (χ0n) is 14.6. The second-order valence-corrected chi connectivity index (χ2v) is 6.41. The van der Waals surface area contributed by atoms with Crippen LogP contribution in [0.5, 0.6) is 0 Å². The van der Waals surface area contributed by atoms with Crippen molar-refractivity contribution in [3.8, 4) is 6.07 Å². The topological polar surface area (TPSA) is 79.6 Å². The Morgan fingerprint density at radius 2 is 2.04 bits per heavy atom. The highest BCUT2D eigenvalue weighted by atomic mass is 32.2. The van der Waals surface area contributed by atoms with Crippen LogP contribution in [0.15, 0.2) is 52.4 Å². The van der Waals surface area contributed by atoms with E-state index in [0.29, 0.717) is 11.6 Å². The zero-order chi connectivity index (χ0) is 18.9. The van der Waals surface area contributed by atoms with E-state index < -0.39 is 11.9 Å². The molecule has 26 heavy (non-hydrogen) atoms. The smallest absolute Gasteiger partial charge is 0.351 e. The van der Waals surface area contributed by atoms with E-state index in [1.807, 2.05) is 35.2 Å². The average molecular weight is 372 g/mol. The van der Waals surface area contributed by atoms with Crippen molar-refractivity contribution in [2.24, 2.45) is 0 Å². The Labute approximate surface area is 157 Å². The molecule has 1 aliphatic rings. The standard InChI is InChI=1S/C19H20N2O4S/c1-3-5-10-21-15-8-6-7-9-16(15)26-18(21)14(13-20)19(23)25-12-11-24-17(22)4-2/h4,6-9H,2-3,5,10-12H2,1H3. The number of hydrogen-bond donors (Lipinski definition) is 0. The van der Waals surface area contributed by atoms with E-state index >= 15 is 0 Å². The lowest BCUT2D eigenvalue weighted by atomic mass is 10.2. The fourth-order valence-electron chi connectivity index (χ4n) is 2.35. The van der Waals surface area contributed by atoms with Crippen LogP contribution >= 0.6 is 11.8 Å². The van der Waals surface area contributed by atoms with Crippen LogP contribution in [0.1, 0.15) is 19.8 Å². The summed E-state index contributed by atoms with van der Waals surface area (Å²) in [6.45, 7) is 5.87. The number of nitriles is 1. The summed E-state index contributed by atoms with van der Waals surface area (Å²) >= 11 is 1.39. The molecule has 0 bridgehead atoms. The van der Waals surface area contributed by atoms with Crippen LogP contribution in [0.4, 0.5) is 5.69 Å². The molecule has 1 aliphatic heterocycles. The van der Waals surface area contributed by atoms with Gasteiger partial charge in [0.25, 0.3) is 0 Å². The SMILES string of the molecule is C=CC(=O)OCCOC(=O)C(C#N)=C1Sc2ccccc2N1CCCC. The van der Waals surface area contributed by atoms with Gasteiger partial charge in [0.1, 0.15) is 24.3 Å². The number of hydrogen-bond acceptors (Lipinski definition) is 7. The minimum atomic E-state index is -0.723. The first-order chi connectivity index (χ1) is 12.6. The Bertz CT molecular complexity index is 767. The van der Waals surface area contributed by atoms with Crippen LogP contribution in [0.25, 0.3) is 0 Å². The highest BCUT2D eigenvalue weighted by Gasteiger charge is 2.30. The van der Waals surface area contributed by atoms with Gasteiger partial charge in [0.05, 0.1) is 5.69 Å². The third-order valence-electron chi connectivity index (χ3n) is 3.60. The van der Waals surface area contributed by atoms with Crippen LogP contribution in [-0.2, 0) is 19.1 Å². The first-order valence-electron chi connectivity index (χ1n) is 8.27. The maximum absolute atomic E-state index is 12.3. The van der Waals surface area contributed by atoms with E-state index in [2.05, 4.69) is 13.5 Å². The number of unbranched alkanes of at least 4 members (excludes halogenated alkanes) is 1. The number of anilines is 1. The van der Waals surface area contributed by atoms with E-state index in [4.69, 9.17) is 9.47 Å². The van der Waals surface area contributed by atoms with Crippen LogP contribution in [-0.4, -0.2) is 31.7 Å². The van der Waals surface area contributed by atoms with Gasteiger partial charge >= 0.3 is 11.9 Å². The molecule has 1 heterocycles. The normalized spacial score (nSPS) is 14.2. The van der Waals surface area contributed by atoms with Crippen molar-refractivity contribution < 1.29 is 19.1 Å². The fraction of sp³-hybridized carbons (Fsp3) is 0.316. The predicted octanol–water partition coefficient (Wildman–Crippen LogP) is 3.41. The molecule has 2 rings (SSSR count). The van der Waals surface area contributed by atoms with E-state index in [9.17, 15) is 14.9 Å². The highest BCUT2D eigenvalue weighted by molar-refractivity contribution is 8.03. The second-order valence-electron chi connectivity index (χ2n) is 5.37. The highest BCUT2D eigenvalue weighted by Crippen LogP contribution is 2.47. The summed E-state index contributed by atoms with van der Waals surface area (Å²) < 4.78 is 9.84. The van der Waals surface area contributed by atoms with Gasteiger partial charge in [-0.25, -0.2) is 9.59 Å². The molecule has 1 aromatic rings. The number of rotatable bonds is 8. The molecule has 136 valence electrons. The monoisotopic (exact) mass is 372 g/mol. The lowest BCUT2D eigenvalue weighted by Gasteiger charge is -2.20. The molecule has 0 atom stereocenters. The molecule has 1 aromatic carbocycles. The van der Waals surface area contributed by atoms with Crippen molar-refractivity contribution in [1.82, 2.24) is 0 Å². The van der Waals surface area contributed by atoms with Crippen molar-refractivity contribution in [2.75, 3.05) is 24.7 Å². The number of esters is 2. The number of fused-ring (bicyclic) bond motifs is 1. The van der Waals surface area contributed by atoms with Crippen molar-refractivity contribution in [3.05, 3.63) is 47.5 Å². The zero-order valence-corrected chi connectivity index (χ0v) is 15.4. The number of benzene rings is 1. The Balaban J connectivity index is 2.15. The van der Waals surface area contributed by atoms with Crippen LogP contribution in [0.3, 0.4) is 0 Å². The summed E-state index contributed by atoms with van der Waals surface area (Å²) in [7, 11) is 0. The minimum absolute atomic E-state index is 0.0441. The fourth-order valence-corrected chi connectivity index (χ4v) is 3.52. The van der Waals surface area contributed by atoms with Crippen LogP contribution in [0.2, 0.25) is 0 Å². The third kappa shape index (κ3) is 4.67. The number of nitrogens with zero attached hydrogens (tertiary/aromatic N) is 2. The van der Waals surface area contributed by atoms with E-state index in [0.717, 1.165) is 29.5 Å². The number of carbonyl (C=O) groups is 2. The summed E-state index contributed by atoms with van der Waals surface area (Å²) in [5.74, 6) is -1.31. The number of carbonyl (C=O) groups excluding carboxylic acids is 2. The summed E-state index contributed by atoms with van der Waals surface area (Å²) in [4.78, 5) is 26.3. The molecule has 0 radical (unpaired) electrons. The van der Waals surface area contributed by atoms with Gasteiger partial charge in [-0.1, -0.05) is 43.8 Å². The van der Waals surface area contributed by atoms with Crippen LogP contribution in [0, 0.1) is 11.3 Å². The number of ether oxygens (including phenoxy) is 2. The van der Waals surface area contributed by atoms with Gasteiger partial charge in [-0.2, -0.15) is 5.26 Å². The Morgan fingerprint density at radius 1 is 1.31 bits per heavy atom. The quantitative estimate of drug-likeness (QED) is 0.299. The Kier molecular flexibility index (Phi) is 7.30. The van der Waals surface area contributed by atoms with E-state index in [-0.39, 0.29) is 18.8 Å². The summed E-state index contributed by atoms with van der Waals surface area (Å²) in [5, 5.41) is 10.1. The van der Waals surface area contributed by atoms with Crippen molar-refractivity contribution in [1.29, 1.82) is 5.26 Å². The molecule has 0 saturated carbocycles. The number of thioether (sulfide) groups is 1. The lowest BCUT2D eigenvalue weighted by Crippen LogP contribution is -2.23. The van der Waals surface area contributed by atoms with Crippen LogP contribution < -0.4 is 4.90 Å². The largest absolute Gasteiger partial charge is 0.459 e. The molecule has 0 spiro atoms. The summed E-state index contributed by atoms with van der Waals surface area (Å²) in [6, 6.07) is 9.75. The first kappa shape index (κ1) is 19.6. The van der Waals surface area contributed by atoms with E-state index in [1.165, 1.54) is 11.8 Å². The second kappa shape index (κ2) is 9.68. The summed E-state index contributed by atoms with van der Waals surface area (Å²) in [5.41, 5.74) is 0.943. The van der Waals surface area contributed by atoms with Gasteiger partial charge in [0, 0.05) is 17.5 Å². The van der Waals surface area contributed by atoms with Gasteiger partial charge < -0.3 is 14.4 Å². The molecule has 0 unspecified atom stereocenters. The molecule has 0 N–H and O–H groups in total. The molecule has 0 amide bonds. The molecule has 0 aromatic heterocycles. The Hall–Kier alpha value is -2.72. The molecule has 7 heteroatoms. The maximum atomic E-state index is 12.3. The number of para-hydroxylation sites is 1. The predicted molar refractivity (Wildman–Crippen MR) is 99.3 cm³/mol. The Morgan fingerprint density at radius 3 is 2.73 bits per heavy atom. The molecule has 0 aliphatic carbocycles. The lowest BCUT2D eigenvalue weighted by molar-refractivity contribution is -0.146. The van der Waals surface area contributed by atoms with Gasteiger partial charge in [-0.15, -0.1) is 0 Å². The third-order valence-corrected chi connectivity index (χ3v) is 4.78. The maximum Gasteiger partial charge on any atom is 0.351 e. The van der Waals surface area contributed by atoms with Gasteiger partial charge in [0.2, 0.25) is 0 Å². The molecule has 6 nitrogen and oxygen atoms in total.